The van der Waals surface area contributed by atoms with Gasteiger partial charge in [-0.25, -0.2) is 0 Å². The fourth-order valence-corrected chi connectivity index (χ4v) is 5.82. The minimum atomic E-state index is -3.40. The van der Waals surface area contributed by atoms with Gasteiger partial charge in [0.2, 0.25) is 0 Å². The van der Waals surface area contributed by atoms with Gasteiger partial charge in [-0.15, -0.1) is 0 Å². The Bertz CT molecular complexity index is 488. The largest absolute Gasteiger partial charge is 0.497 e. The van der Waals surface area contributed by atoms with Gasteiger partial charge in [-0.1, -0.05) is 12.1 Å². The molecular weight excluding hydrogens is 319 g/mol. The zero-order chi connectivity index (χ0) is 16.8. The van der Waals surface area contributed by atoms with Crippen molar-refractivity contribution in [1.82, 2.24) is 0 Å². The lowest BCUT2D eigenvalue weighted by atomic mass is 10.2. The Labute approximate surface area is 134 Å². The minimum Gasteiger partial charge on any atom is -0.497 e. The molecule has 7 heteroatoms. The molecule has 0 aliphatic heterocycles. The van der Waals surface area contributed by atoms with Crippen molar-refractivity contribution in [2.75, 3.05) is 20.3 Å². The van der Waals surface area contributed by atoms with Crippen LogP contribution in [0.2, 0.25) is 19.6 Å². The number of hydrogen-bond acceptors (Lipinski definition) is 5. The molecule has 0 saturated heterocycles. The van der Waals surface area contributed by atoms with Crippen molar-refractivity contribution in [3.8, 4) is 5.75 Å². The van der Waals surface area contributed by atoms with Gasteiger partial charge in [0, 0.05) is 0 Å². The van der Waals surface area contributed by atoms with Crippen molar-refractivity contribution < 1.29 is 22.8 Å². The third kappa shape index (κ3) is 5.52. The molecule has 1 rings (SSSR count). The summed E-state index contributed by atoms with van der Waals surface area (Å²) in [6, 6.07) is 7.32. The first kappa shape index (κ1) is 19.4. The van der Waals surface area contributed by atoms with Crippen LogP contribution in [0, 0.1) is 0 Å². The number of benzene rings is 1. The minimum absolute atomic E-state index is 0.305. The average molecular weight is 346 g/mol. The lowest BCUT2D eigenvalue weighted by molar-refractivity contribution is 0.158. The van der Waals surface area contributed by atoms with Gasteiger partial charge in [0.1, 0.15) is 5.75 Å². The van der Waals surface area contributed by atoms with E-state index >= 15 is 0 Å². The molecule has 1 unspecified atom stereocenters. The van der Waals surface area contributed by atoms with Crippen molar-refractivity contribution in [3.05, 3.63) is 29.8 Å². The molecule has 5 nitrogen and oxygen atoms in total. The number of hydrogen-bond donors (Lipinski definition) is 0. The molecule has 0 radical (unpaired) electrons. The van der Waals surface area contributed by atoms with Crippen molar-refractivity contribution >= 4 is 15.9 Å². The quantitative estimate of drug-likeness (QED) is 0.474. The van der Waals surface area contributed by atoms with Crippen LogP contribution in [0.25, 0.3) is 0 Å². The SMILES string of the molecule is CCOP(=O)(OCC)C(O[Si](C)(C)C)c1ccc(OC)cc1. The van der Waals surface area contributed by atoms with Crippen LogP contribution in [0.15, 0.2) is 24.3 Å². The Morgan fingerprint density at radius 2 is 1.55 bits per heavy atom. The standard InChI is InChI=1S/C15H27O5PSi/c1-7-18-21(16,19-8-2)15(20-22(4,5)6)13-9-11-14(17-3)12-10-13/h9-12,15H,7-8H2,1-6H3. The molecule has 0 fully saturated rings. The predicted molar refractivity (Wildman–Crippen MR) is 91.0 cm³/mol. The van der Waals surface area contributed by atoms with E-state index in [-0.39, 0.29) is 0 Å². The smallest absolute Gasteiger partial charge is 0.362 e. The van der Waals surface area contributed by atoms with Gasteiger partial charge < -0.3 is 18.2 Å². The molecule has 22 heavy (non-hydrogen) atoms. The van der Waals surface area contributed by atoms with Crippen molar-refractivity contribution in [2.24, 2.45) is 0 Å². The van der Waals surface area contributed by atoms with Gasteiger partial charge in [0.05, 0.1) is 20.3 Å². The van der Waals surface area contributed by atoms with Gasteiger partial charge in [-0.3, -0.25) is 4.57 Å². The Hall–Kier alpha value is -0.653. The maximum Gasteiger partial charge on any atom is 0.362 e. The average Bonchev–Trinajstić information content (AvgIpc) is 2.44. The fraction of sp³-hybridized carbons (Fsp3) is 0.600. The van der Waals surface area contributed by atoms with Crippen LogP contribution in [-0.2, 0) is 18.0 Å². The lowest BCUT2D eigenvalue weighted by Crippen LogP contribution is -2.28. The molecule has 0 N–H and O–H groups in total. The van der Waals surface area contributed by atoms with Crippen LogP contribution in [0.1, 0.15) is 25.3 Å². The highest BCUT2D eigenvalue weighted by Crippen LogP contribution is 2.62. The Morgan fingerprint density at radius 3 is 1.91 bits per heavy atom. The Balaban J connectivity index is 3.22. The highest BCUT2D eigenvalue weighted by atomic mass is 31.2. The first-order valence-corrected chi connectivity index (χ1v) is 12.5. The molecule has 0 aliphatic carbocycles. The Morgan fingerprint density at radius 1 is 1.05 bits per heavy atom. The predicted octanol–water partition coefficient (Wildman–Crippen LogP) is 4.81. The maximum atomic E-state index is 13.2. The normalized spacial score (nSPS) is 13.9. The number of ether oxygens (including phenoxy) is 1. The van der Waals surface area contributed by atoms with E-state index in [1.165, 1.54) is 0 Å². The summed E-state index contributed by atoms with van der Waals surface area (Å²) in [6.45, 7) is 10.3. The molecular formula is C15H27O5PSi. The van der Waals surface area contributed by atoms with Gasteiger partial charge >= 0.3 is 7.60 Å². The van der Waals surface area contributed by atoms with E-state index in [2.05, 4.69) is 0 Å². The monoisotopic (exact) mass is 346 g/mol. The first-order chi connectivity index (χ1) is 10.3. The van der Waals surface area contributed by atoms with Crippen molar-refractivity contribution in [1.29, 1.82) is 0 Å². The molecule has 126 valence electrons. The van der Waals surface area contributed by atoms with Crippen LogP contribution in [-0.4, -0.2) is 28.6 Å². The van der Waals surface area contributed by atoms with E-state index in [0.29, 0.717) is 13.2 Å². The van der Waals surface area contributed by atoms with Crippen LogP contribution in [0.4, 0.5) is 0 Å². The van der Waals surface area contributed by atoms with E-state index in [0.717, 1.165) is 11.3 Å². The van der Waals surface area contributed by atoms with Crippen molar-refractivity contribution in [2.45, 2.75) is 39.3 Å². The summed E-state index contributed by atoms with van der Waals surface area (Å²) in [4.78, 5) is 0. The third-order valence-corrected chi connectivity index (χ3v) is 6.13. The molecule has 0 amide bonds. The van der Waals surface area contributed by atoms with Gasteiger partial charge in [0.25, 0.3) is 0 Å². The molecule has 1 atom stereocenters. The van der Waals surface area contributed by atoms with E-state index in [1.807, 2.05) is 43.9 Å². The lowest BCUT2D eigenvalue weighted by Gasteiger charge is -2.31. The summed E-state index contributed by atoms with van der Waals surface area (Å²) in [6.07, 6.45) is 0. The van der Waals surface area contributed by atoms with Crippen molar-refractivity contribution in [3.63, 3.8) is 0 Å². The van der Waals surface area contributed by atoms with Crippen LogP contribution in [0.3, 0.4) is 0 Å². The molecule has 0 aliphatic rings. The summed E-state index contributed by atoms with van der Waals surface area (Å²) < 4.78 is 35.5. The van der Waals surface area contributed by atoms with Gasteiger partial charge in [-0.05, 0) is 51.2 Å². The summed E-state index contributed by atoms with van der Waals surface area (Å²) in [7, 11) is -3.75. The second kappa shape index (κ2) is 8.27. The number of rotatable bonds is 9. The maximum absolute atomic E-state index is 13.2. The molecule has 0 saturated carbocycles. The second-order valence-electron chi connectivity index (χ2n) is 5.73. The molecule has 0 aromatic heterocycles. The molecule has 0 spiro atoms. The second-order valence-corrected chi connectivity index (χ2v) is 12.3. The zero-order valence-corrected chi connectivity index (χ0v) is 16.2. The fourth-order valence-electron chi connectivity index (χ4n) is 1.95. The van der Waals surface area contributed by atoms with E-state index in [1.54, 1.807) is 21.0 Å². The Kier molecular flexibility index (Phi) is 7.29. The molecule has 0 bridgehead atoms. The number of methoxy groups -OCH3 is 1. The van der Waals surface area contributed by atoms with Gasteiger partial charge in [-0.2, -0.15) is 0 Å². The first-order valence-electron chi connectivity index (χ1n) is 7.46. The van der Waals surface area contributed by atoms with Crippen LogP contribution < -0.4 is 4.74 Å². The third-order valence-electron chi connectivity index (χ3n) is 2.77. The molecule has 1 aromatic rings. The van der Waals surface area contributed by atoms with Gasteiger partial charge in [0.15, 0.2) is 14.2 Å². The molecule has 0 heterocycles. The van der Waals surface area contributed by atoms with Crippen LogP contribution in [0.5, 0.6) is 5.75 Å². The highest BCUT2D eigenvalue weighted by molar-refractivity contribution is 7.54. The highest BCUT2D eigenvalue weighted by Gasteiger charge is 2.40. The van der Waals surface area contributed by atoms with E-state index in [4.69, 9.17) is 18.2 Å². The van der Waals surface area contributed by atoms with Crippen LogP contribution >= 0.6 is 7.60 Å². The summed E-state index contributed by atoms with van der Waals surface area (Å²) in [5, 5.41) is 0. The molecule has 1 aromatic carbocycles. The van der Waals surface area contributed by atoms with E-state index in [9.17, 15) is 4.57 Å². The van der Waals surface area contributed by atoms with E-state index < -0.39 is 21.8 Å². The summed E-state index contributed by atoms with van der Waals surface area (Å²) >= 11 is 0. The topological polar surface area (TPSA) is 54.0 Å². The summed E-state index contributed by atoms with van der Waals surface area (Å²) in [5.74, 6) is 0.0168. The zero-order valence-electron chi connectivity index (χ0n) is 14.3. The summed E-state index contributed by atoms with van der Waals surface area (Å²) in [5.41, 5.74) is 0.772.